The van der Waals surface area contributed by atoms with Crippen LogP contribution in [0.25, 0.3) is 0 Å². The summed E-state index contributed by atoms with van der Waals surface area (Å²) in [5.74, 6) is -0.733. The molecular weight excluding hydrogens is 184 g/mol. The van der Waals surface area contributed by atoms with Crippen LogP contribution in [0.1, 0.15) is 26.7 Å². The summed E-state index contributed by atoms with van der Waals surface area (Å²) < 4.78 is 0. The first-order chi connectivity index (χ1) is 6.41. The second-order valence-electron chi connectivity index (χ2n) is 3.85. The second-order valence-corrected chi connectivity index (χ2v) is 3.85. The molecule has 0 spiro atoms. The molecule has 1 rings (SSSR count). The number of likely N-dealkylation sites (tertiary alicyclic amines) is 1. The largest absolute Gasteiger partial charge is 0.391 e. The predicted octanol–water partition coefficient (Wildman–Crippen LogP) is -0.766. The van der Waals surface area contributed by atoms with Crippen LogP contribution in [-0.2, 0) is 9.59 Å². The Bertz CT molecular complexity index is 267. The molecule has 80 valence electrons. The van der Waals surface area contributed by atoms with Crippen molar-refractivity contribution in [3.8, 4) is 0 Å². The molecule has 0 aliphatic carbocycles. The number of β-amino-alcohol motifs (C(OH)–C–C–N with tert-alkyl or cyclic N) is 1. The van der Waals surface area contributed by atoms with Crippen LogP contribution >= 0.6 is 0 Å². The van der Waals surface area contributed by atoms with E-state index < -0.39 is 17.6 Å². The molecule has 1 saturated heterocycles. The zero-order valence-corrected chi connectivity index (χ0v) is 8.49. The summed E-state index contributed by atoms with van der Waals surface area (Å²) in [5.41, 5.74) is 4.29. The maximum Gasteiger partial charge on any atom is 0.243 e. The number of aliphatic hydroxyl groups excluding tert-OH is 1. The van der Waals surface area contributed by atoms with Crippen LogP contribution in [0.3, 0.4) is 0 Å². The molecule has 0 aromatic rings. The minimum absolute atomic E-state index is 0.0862. The lowest BCUT2D eigenvalue weighted by Crippen LogP contribution is -2.55. The van der Waals surface area contributed by atoms with E-state index in [-0.39, 0.29) is 18.9 Å². The normalized spacial score (nSPS) is 26.4. The van der Waals surface area contributed by atoms with E-state index in [9.17, 15) is 14.7 Å². The Kier molecular flexibility index (Phi) is 2.80. The first kappa shape index (κ1) is 11.0. The van der Waals surface area contributed by atoms with Crippen molar-refractivity contribution in [2.24, 2.45) is 5.73 Å². The third-order valence-electron chi connectivity index (χ3n) is 2.92. The lowest BCUT2D eigenvalue weighted by atomic mass is 9.96. The molecule has 1 fully saturated rings. The van der Waals surface area contributed by atoms with Crippen molar-refractivity contribution < 1.29 is 14.7 Å². The quantitative estimate of drug-likeness (QED) is 0.627. The van der Waals surface area contributed by atoms with Gasteiger partial charge in [-0.3, -0.25) is 9.59 Å². The van der Waals surface area contributed by atoms with E-state index in [1.54, 1.807) is 13.8 Å². The van der Waals surface area contributed by atoms with E-state index in [1.165, 1.54) is 4.90 Å². The standard InChI is InChI=1S/C9H16N2O3/c1-3-9(2,8(10)14)11-5-6(12)4-7(11)13/h6,12H,3-5H2,1-2H3,(H2,10,14). The minimum atomic E-state index is -0.964. The van der Waals surface area contributed by atoms with Gasteiger partial charge >= 0.3 is 0 Å². The number of amides is 2. The molecule has 5 heteroatoms. The Morgan fingerprint density at radius 3 is 2.64 bits per heavy atom. The topological polar surface area (TPSA) is 83.6 Å². The van der Waals surface area contributed by atoms with Crippen molar-refractivity contribution in [1.82, 2.24) is 4.90 Å². The maximum absolute atomic E-state index is 11.5. The van der Waals surface area contributed by atoms with Gasteiger partial charge in [0.2, 0.25) is 11.8 Å². The van der Waals surface area contributed by atoms with E-state index in [4.69, 9.17) is 5.73 Å². The second kappa shape index (κ2) is 3.57. The van der Waals surface area contributed by atoms with Crippen molar-refractivity contribution in [3.63, 3.8) is 0 Å². The summed E-state index contributed by atoms with van der Waals surface area (Å²) in [7, 11) is 0. The molecule has 14 heavy (non-hydrogen) atoms. The fourth-order valence-corrected chi connectivity index (χ4v) is 1.66. The highest BCUT2D eigenvalue weighted by atomic mass is 16.3. The van der Waals surface area contributed by atoms with Gasteiger partial charge in [0.25, 0.3) is 0 Å². The lowest BCUT2D eigenvalue weighted by Gasteiger charge is -2.35. The Labute approximate surface area is 82.9 Å². The maximum atomic E-state index is 11.5. The van der Waals surface area contributed by atoms with Gasteiger partial charge in [-0.15, -0.1) is 0 Å². The third kappa shape index (κ3) is 1.59. The minimum Gasteiger partial charge on any atom is -0.391 e. The van der Waals surface area contributed by atoms with Crippen molar-refractivity contribution in [3.05, 3.63) is 0 Å². The van der Waals surface area contributed by atoms with E-state index in [0.717, 1.165) is 0 Å². The van der Waals surface area contributed by atoms with Gasteiger partial charge in [0.1, 0.15) is 5.54 Å². The van der Waals surface area contributed by atoms with Gasteiger partial charge in [-0.05, 0) is 13.3 Å². The number of hydrogen-bond donors (Lipinski definition) is 2. The van der Waals surface area contributed by atoms with Gasteiger partial charge < -0.3 is 15.7 Å². The number of primary amides is 1. The van der Waals surface area contributed by atoms with Crippen LogP contribution in [0.5, 0.6) is 0 Å². The van der Waals surface area contributed by atoms with Gasteiger partial charge in [-0.25, -0.2) is 0 Å². The highest BCUT2D eigenvalue weighted by Crippen LogP contribution is 2.25. The lowest BCUT2D eigenvalue weighted by molar-refractivity contribution is -0.142. The molecule has 0 aromatic carbocycles. The Balaban J connectivity index is 2.90. The van der Waals surface area contributed by atoms with Crippen LogP contribution < -0.4 is 5.73 Å². The summed E-state index contributed by atoms with van der Waals surface area (Å²) in [6.45, 7) is 3.63. The number of carbonyl (C=O) groups is 2. The molecule has 0 aromatic heterocycles. The molecule has 0 bridgehead atoms. The molecule has 5 nitrogen and oxygen atoms in total. The molecule has 1 heterocycles. The predicted molar refractivity (Wildman–Crippen MR) is 50.2 cm³/mol. The number of nitrogens with zero attached hydrogens (tertiary/aromatic N) is 1. The Hall–Kier alpha value is -1.10. The molecule has 3 N–H and O–H groups in total. The van der Waals surface area contributed by atoms with Gasteiger partial charge in [0, 0.05) is 6.54 Å². The Morgan fingerprint density at radius 1 is 1.79 bits per heavy atom. The molecule has 1 aliphatic rings. The summed E-state index contributed by atoms with van der Waals surface area (Å²) in [4.78, 5) is 24.1. The number of nitrogens with two attached hydrogens (primary N) is 1. The van der Waals surface area contributed by atoms with Crippen molar-refractivity contribution in [2.75, 3.05) is 6.54 Å². The monoisotopic (exact) mass is 200 g/mol. The first-order valence-corrected chi connectivity index (χ1v) is 4.70. The molecule has 1 aliphatic heterocycles. The van der Waals surface area contributed by atoms with Crippen molar-refractivity contribution >= 4 is 11.8 Å². The average Bonchev–Trinajstić information content (AvgIpc) is 2.44. The number of carbonyl (C=O) groups excluding carboxylic acids is 2. The number of hydrogen-bond acceptors (Lipinski definition) is 3. The van der Waals surface area contributed by atoms with Gasteiger partial charge in [-0.2, -0.15) is 0 Å². The van der Waals surface area contributed by atoms with Crippen molar-refractivity contribution in [2.45, 2.75) is 38.3 Å². The molecular formula is C9H16N2O3. The average molecular weight is 200 g/mol. The zero-order valence-electron chi connectivity index (χ0n) is 8.49. The van der Waals surface area contributed by atoms with E-state index in [1.807, 2.05) is 0 Å². The molecule has 2 amide bonds. The van der Waals surface area contributed by atoms with Crippen LogP contribution in [0.2, 0.25) is 0 Å². The van der Waals surface area contributed by atoms with Crippen LogP contribution in [0.15, 0.2) is 0 Å². The summed E-state index contributed by atoms with van der Waals surface area (Å²) in [6, 6.07) is 0. The summed E-state index contributed by atoms with van der Waals surface area (Å²) >= 11 is 0. The smallest absolute Gasteiger partial charge is 0.243 e. The molecule has 2 unspecified atom stereocenters. The van der Waals surface area contributed by atoms with E-state index in [2.05, 4.69) is 0 Å². The van der Waals surface area contributed by atoms with Gasteiger partial charge in [0.15, 0.2) is 0 Å². The van der Waals surface area contributed by atoms with Crippen LogP contribution in [0, 0.1) is 0 Å². The first-order valence-electron chi connectivity index (χ1n) is 4.70. The summed E-state index contributed by atoms with van der Waals surface area (Å²) in [6.07, 6.45) is -0.128. The van der Waals surface area contributed by atoms with E-state index >= 15 is 0 Å². The van der Waals surface area contributed by atoms with Crippen molar-refractivity contribution in [1.29, 1.82) is 0 Å². The fraction of sp³-hybridized carbons (Fsp3) is 0.778. The molecule has 0 radical (unpaired) electrons. The number of aliphatic hydroxyl groups is 1. The van der Waals surface area contributed by atoms with E-state index in [0.29, 0.717) is 6.42 Å². The highest BCUT2D eigenvalue weighted by molar-refractivity contribution is 5.91. The third-order valence-corrected chi connectivity index (χ3v) is 2.92. The van der Waals surface area contributed by atoms with Gasteiger partial charge in [-0.1, -0.05) is 6.92 Å². The van der Waals surface area contributed by atoms with Crippen LogP contribution in [-0.4, -0.2) is 40.0 Å². The Morgan fingerprint density at radius 2 is 2.36 bits per heavy atom. The summed E-state index contributed by atoms with van der Waals surface area (Å²) in [5, 5.41) is 9.30. The number of rotatable bonds is 3. The van der Waals surface area contributed by atoms with Crippen LogP contribution in [0.4, 0.5) is 0 Å². The molecule has 2 atom stereocenters. The SMILES string of the molecule is CCC(C)(C(N)=O)N1CC(O)CC1=O. The zero-order chi connectivity index (χ0) is 10.9. The van der Waals surface area contributed by atoms with Gasteiger partial charge in [0.05, 0.1) is 12.5 Å². The fourth-order valence-electron chi connectivity index (χ4n) is 1.66. The molecule has 0 saturated carbocycles. The highest BCUT2D eigenvalue weighted by Gasteiger charge is 2.43.